The van der Waals surface area contributed by atoms with Gasteiger partial charge in [-0.15, -0.1) is 0 Å². The maximum atomic E-state index is 4.35. The molecule has 1 aromatic rings. The Balaban J connectivity index is 1.96. The largest absolute Gasteiger partial charge is 0.0992 e. The Labute approximate surface area is 112 Å². The molecule has 0 saturated heterocycles. The van der Waals surface area contributed by atoms with E-state index in [9.17, 15) is 0 Å². The van der Waals surface area contributed by atoms with Crippen LogP contribution in [0.4, 0.5) is 0 Å². The molecule has 0 spiro atoms. The molecule has 1 saturated carbocycles. The summed E-state index contributed by atoms with van der Waals surface area (Å²) in [7, 11) is 0. The highest BCUT2D eigenvalue weighted by Crippen LogP contribution is 2.33. The standard InChI is InChI=1S/C18H26/c1-13-5-9-18(10-6-13)16(4)12-17-8-7-14(2)15(3)11-17/h7-8,11,13,18H,4-6,9-10,12H2,1-3H3. The molecule has 0 atom stereocenters. The summed E-state index contributed by atoms with van der Waals surface area (Å²) in [5, 5.41) is 0. The first-order valence-corrected chi connectivity index (χ1v) is 7.30. The van der Waals surface area contributed by atoms with E-state index in [1.54, 1.807) is 0 Å². The lowest BCUT2D eigenvalue weighted by atomic mass is 9.78. The summed E-state index contributed by atoms with van der Waals surface area (Å²) in [6.07, 6.45) is 6.54. The molecule has 0 N–H and O–H groups in total. The summed E-state index contributed by atoms with van der Waals surface area (Å²) in [6, 6.07) is 6.83. The third-order valence-corrected chi connectivity index (χ3v) is 4.60. The molecular weight excluding hydrogens is 216 g/mol. The van der Waals surface area contributed by atoms with E-state index in [0.717, 1.165) is 18.3 Å². The predicted molar refractivity (Wildman–Crippen MR) is 79.9 cm³/mol. The normalized spacial score (nSPS) is 23.9. The van der Waals surface area contributed by atoms with Gasteiger partial charge in [-0.25, -0.2) is 0 Å². The Kier molecular flexibility index (Phi) is 4.27. The summed E-state index contributed by atoms with van der Waals surface area (Å²) in [5.41, 5.74) is 5.67. The maximum Gasteiger partial charge on any atom is -0.00669 e. The third kappa shape index (κ3) is 3.25. The Hall–Kier alpha value is -1.04. The van der Waals surface area contributed by atoms with Crippen LogP contribution in [-0.2, 0) is 6.42 Å². The Morgan fingerprint density at radius 1 is 1.11 bits per heavy atom. The number of rotatable bonds is 3. The highest BCUT2D eigenvalue weighted by Gasteiger charge is 2.20. The van der Waals surface area contributed by atoms with Crippen molar-refractivity contribution in [2.24, 2.45) is 11.8 Å². The first-order valence-electron chi connectivity index (χ1n) is 7.30. The van der Waals surface area contributed by atoms with Gasteiger partial charge in [0.1, 0.15) is 0 Å². The Morgan fingerprint density at radius 2 is 1.78 bits per heavy atom. The first kappa shape index (κ1) is 13.4. The molecule has 0 unspecified atom stereocenters. The van der Waals surface area contributed by atoms with Gasteiger partial charge < -0.3 is 0 Å². The number of hydrogen-bond donors (Lipinski definition) is 0. The van der Waals surface area contributed by atoms with E-state index >= 15 is 0 Å². The molecule has 0 radical (unpaired) electrons. The van der Waals surface area contributed by atoms with Crippen LogP contribution in [-0.4, -0.2) is 0 Å². The molecule has 0 amide bonds. The van der Waals surface area contributed by atoms with E-state index in [1.807, 2.05) is 0 Å². The molecule has 1 aromatic carbocycles. The fraction of sp³-hybridized carbons (Fsp3) is 0.556. The van der Waals surface area contributed by atoms with Gasteiger partial charge >= 0.3 is 0 Å². The third-order valence-electron chi connectivity index (χ3n) is 4.60. The molecule has 0 bridgehead atoms. The Bertz CT molecular complexity index is 420. The lowest BCUT2D eigenvalue weighted by Crippen LogP contribution is -2.15. The zero-order chi connectivity index (χ0) is 13.1. The SMILES string of the molecule is C=C(Cc1ccc(C)c(C)c1)C1CCC(C)CC1. The average molecular weight is 242 g/mol. The van der Waals surface area contributed by atoms with Crippen LogP contribution in [0.1, 0.15) is 49.3 Å². The maximum absolute atomic E-state index is 4.35. The van der Waals surface area contributed by atoms with Crippen molar-refractivity contribution < 1.29 is 0 Å². The quantitative estimate of drug-likeness (QED) is 0.637. The lowest BCUT2D eigenvalue weighted by molar-refractivity contribution is 0.318. The van der Waals surface area contributed by atoms with E-state index < -0.39 is 0 Å². The molecule has 2 rings (SSSR count). The van der Waals surface area contributed by atoms with Crippen molar-refractivity contribution in [2.75, 3.05) is 0 Å². The van der Waals surface area contributed by atoms with Gasteiger partial charge in [-0.05, 0) is 61.6 Å². The summed E-state index contributed by atoms with van der Waals surface area (Å²) in [6.45, 7) is 11.1. The van der Waals surface area contributed by atoms with Crippen molar-refractivity contribution in [3.8, 4) is 0 Å². The average Bonchev–Trinajstić information content (AvgIpc) is 2.34. The van der Waals surface area contributed by atoms with E-state index in [2.05, 4.69) is 45.5 Å². The molecular formula is C18H26. The molecule has 1 fully saturated rings. The minimum absolute atomic E-state index is 0.766. The molecule has 98 valence electrons. The summed E-state index contributed by atoms with van der Waals surface area (Å²) in [4.78, 5) is 0. The van der Waals surface area contributed by atoms with Crippen LogP contribution < -0.4 is 0 Å². The van der Waals surface area contributed by atoms with Gasteiger partial charge in [-0.1, -0.05) is 50.1 Å². The number of hydrogen-bond acceptors (Lipinski definition) is 0. The van der Waals surface area contributed by atoms with Crippen LogP contribution in [0.2, 0.25) is 0 Å². The number of benzene rings is 1. The second-order valence-electron chi connectivity index (χ2n) is 6.21. The minimum Gasteiger partial charge on any atom is -0.0992 e. The minimum atomic E-state index is 0.766. The van der Waals surface area contributed by atoms with E-state index in [0.29, 0.717) is 0 Å². The van der Waals surface area contributed by atoms with Crippen molar-refractivity contribution in [2.45, 2.75) is 52.9 Å². The second kappa shape index (κ2) is 5.73. The molecule has 0 aromatic heterocycles. The van der Waals surface area contributed by atoms with Crippen LogP contribution in [0.3, 0.4) is 0 Å². The van der Waals surface area contributed by atoms with Gasteiger partial charge in [0.15, 0.2) is 0 Å². The molecule has 0 nitrogen and oxygen atoms in total. The molecule has 0 aliphatic heterocycles. The number of allylic oxidation sites excluding steroid dienone is 1. The highest BCUT2D eigenvalue weighted by atomic mass is 14.3. The predicted octanol–water partition coefficient (Wildman–Crippen LogP) is 5.23. The topological polar surface area (TPSA) is 0 Å². The van der Waals surface area contributed by atoms with Gasteiger partial charge in [0.05, 0.1) is 0 Å². The van der Waals surface area contributed by atoms with Crippen molar-refractivity contribution in [3.05, 3.63) is 47.0 Å². The zero-order valence-electron chi connectivity index (χ0n) is 12.1. The van der Waals surface area contributed by atoms with Crippen molar-refractivity contribution in [1.29, 1.82) is 0 Å². The van der Waals surface area contributed by atoms with Crippen LogP contribution in [0.15, 0.2) is 30.4 Å². The molecule has 0 heteroatoms. The van der Waals surface area contributed by atoms with Crippen LogP contribution in [0.25, 0.3) is 0 Å². The fourth-order valence-corrected chi connectivity index (χ4v) is 2.99. The van der Waals surface area contributed by atoms with Gasteiger partial charge in [-0.3, -0.25) is 0 Å². The van der Waals surface area contributed by atoms with E-state index in [1.165, 1.54) is 47.9 Å². The first-order chi connectivity index (χ1) is 8.56. The van der Waals surface area contributed by atoms with E-state index in [4.69, 9.17) is 0 Å². The summed E-state index contributed by atoms with van der Waals surface area (Å²) >= 11 is 0. The summed E-state index contributed by atoms with van der Waals surface area (Å²) in [5.74, 6) is 1.69. The summed E-state index contributed by atoms with van der Waals surface area (Å²) < 4.78 is 0. The monoisotopic (exact) mass is 242 g/mol. The lowest BCUT2D eigenvalue weighted by Gasteiger charge is -2.28. The van der Waals surface area contributed by atoms with Crippen LogP contribution in [0.5, 0.6) is 0 Å². The van der Waals surface area contributed by atoms with E-state index in [-0.39, 0.29) is 0 Å². The highest BCUT2D eigenvalue weighted by molar-refractivity contribution is 5.32. The molecule has 0 heterocycles. The zero-order valence-corrected chi connectivity index (χ0v) is 12.1. The van der Waals surface area contributed by atoms with Gasteiger partial charge in [-0.2, -0.15) is 0 Å². The van der Waals surface area contributed by atoms with Crippen molar-refractivity contribution in [3.63, 3.8) is 0 Å². The molecule has 1 aliphatic carbocycles. The van der Waals surface area contributed by atoms with Gasteiger partial charge in [0.2, 0.25) is 0 Å². The smallest absolute Gasteiger partial charge is 0.00669 e. The van der Waals surface area contributed by atoms with Crippen molar-refractivity contribution in [1.82, 2.24) is 0 Å². The van der Waals surface area contributed by atoms with Crippen molar-refractivity contribution >= 4 is 0 Å². The molecule has 1 aliphatic rings. The second-order valence-corrected chi connectivity index (χ2v) is 6.21. The van der Waals surface area contributed by atoms with Gasteiger partial charge in [0, 0.05) is 0 Å². The fourth-order valence-electron chi connectivity index (χ4n) is 2.99. The van der Waals surface area contributed by atoms with Gasteiger partial charge in [0.25, 0.3) is 0 Å². The Morgan fingerprint density at radius 3 is 2.39 bits per heavy atom. The number of aryl methyl sites for hydroxylation is 2. The van der Waals surface area contributed by atoms with Crippen LogP contribution >= 0.6 is 0 Å². The van der Waals surface area contributed by atoms with Crippen LogP contribution in [0, 0.1) is 25.7 Å². The molecule has 18 heavy (non-hydrogen) atoms.